The highest BCUT2D eigenvalue weighted by Crippen LogP contribution is 2.14. The first-order chi connectivity index (χ1) is 11.9. The number of nitrogens with one attached hydrogen (secondary N) is 1. The number of nitrogens with zero attached hydrogens (tertiary/aromatic N) is 2. The Morgan fingerprint density at radius 3 is 2.56 bits per heavy atom. The van der Waals surface area contributed by atoms with E-state index in [4.69, 9.17) is 0 Å². The van der Waals surface area contributed by atoms with E-state index in [1.807, 2.05) is 37.3 Å². The molecule has 2 aromatic rings. The van der Waals surface area contributed by atoms with Crippen molar-refractivity contribution in [2.75, 3.05) is 0 Å². The SMILES string of the molecule is CC[C@H](C)[C@H](NC(=O)Cn1cc(-c2ccccc2)ncc1=O)C(=O)O. The van der Waals surface area contributed by atoms with Gasteiger partial charge in [-0.1, -0.05) is 50.6 Å². The van der Waals surface area contributed by atoms with Gasteiger partial charge in [0.2, 0.25) is 5.91 Å². The van der Waals surface area contributed by atoms with Crippen LogP contribution < -0.4 is 10.9 Å². The smallest absolute Gasteiger partial charge is 0.326 e. The first-order valence-corrected chi connectivity index (χ1v) is 8.06. The van der Waals surface area contributed by atoms with Gasteiger partial charge < -0.3 is 15.0 Å². The standard InChI is InChI=1S/C18H21N3O4/c1-3-12(2)17(18(24)25)20-15(22)11-21-10-14(19-9-16(21)23)13-7-5-4-6-8-13/h4-10,12,17H,3,11H2,1-2H3,(H,20,22)(H,24,25)/t12-,17-/m0/s1. The summed E-state index contributed by atoms with van der Waals surface area (Å²) >= 11 is 0. The van der Waals surface area contributed by atoms with Crippen LogP contribution in [0.5, 0.6) is 0 Å². The predicted octanol–water partition coefficient (Wildman–Crippen LogP) is 1.53. The van der Waals surface area contributed by atoms with E-state index in [2.05, 4.69) is 10.3 Å². The number of carbonyl (C=O) groups is 2. The van der Waals surface area contributed by atoms with Crippen LogP contribution in [-0.4, -0.2) is 32.6 Å². The van der Waals surface area contributed by atoms with E-state index in [1.165, 1.54) is 10.8 Å². The molecule has 0 fully saturated rings. The van der Waals surface area contributed by atoms with Crippen LogP contribution in [0.1, 0.15) is 20.3 Å². The summed E-state index contributed by atoms with van der Waals surface area (Å²) in [4.78, 5) is 39.5. The molecule has 0 unspecified atom stereocenters. The monoisotopic (exact) mass is 343 g/mol. The molecule has 1 heterocycles. The van der Waals surface area contributed by atoms with Crippen molar-refractivity contribution in [1.29, 1.82) is 0 Å². The van der Waals surface area contributed by atoms with Crippen molar-refractivity contribution >= 4 is 11.9 Å². The molecule has 0 aliphatic rings. The summed E-state index contributed by atoms with van der Waals surface area (Å²) in [6.07, 6.45) is 3.26. The maximum Gasteiger partial charge on any atom is 0.326 e. The normalized spacial score (nSPS) is 13.0. The number of benzene rings is 1. The van der Waals surface area contributed by atoms with Gasteiger partial charge in [-0.25, -0.2) is 9.78 Å². The van der Waals surface area contributed by atoms with Crippen LogP contribution in [0, 0.1) is 5.92 Å². The number of aromatic nitrogens is 2. The quantitative estimate of drug-likeness (QED) is 0.794. The van der Waals surface area contributed by atoms with Crippen LogP contribution in [0.25, 0.3) is 11.3 Å². The van der Waals surface area contributed by atoms with Gasteiger partial charge in [-0.05, 0) is 5.92 Å². The largest absolute Gasteiger partial charge is 0.480 e. The maximum absolute atomic E-state index is 12.2. The van der Waals surface area contributed by atoms with Gasteiger partial charge in [0.25, 0.3) is 5.56 Å². The van der Waals surface area contributed by atoms with Gasteiger partial charge in [-0.15, -0.1) is 0 Å². The Hall–Kier alpha value is -2.96. The van der Waals surface area contributed by atoms with Gasteiger partial charge in [0.1, 0.15) is 12.6 Å². The summed E-state index contributed by atoms with van der Waals surface area (Å²) in [5.41, 5.74) is 0.953. The first kappa shape index (κ1) is 18.4. The van der Waals surface area contributed by atoms with Crippen LogP contribution in [0.4, 0.5) is 0 Å². The number of carbonyl (C=O) groups excluding carboxylic acids is 1. The molecule has 1 aromatic heterocycles. The van der Waals surface area contributed by atoms with Crippen molar-refractivity contribution in [1.82, 2.24) is 14.9 Å². The number of rotatable bonds is 7. The second-order valence-electron chi connectivity index (χ2n) is 5.87. The Balaban J connectivity index is 2.18. The third-order valence-electron chi connectivity index (χ3n) is 4.05. The fourth-order valence-electron chi connectivity index (χ4n) is 2.38. The van der Waals surface area contributed by atoms with Crippen LogP contribution in [-0.2, 0) is 16.1 Å². The lowest BCUT2D eigenvalue weighted by Crippen LogP contribution is -2.46. The average Bonchev–Trinajstić information content (AvgIpc) is 2.61. The zero-order valence-corrected chi connectivity index (χ0v) is 14.2. The Labute approximate surface area is 145 Å². The minimum absolute atomic E-state index is 0.213. The van der Waals surface area contributed by atoms with Crippen LogP contribution >= 0.6 is 0 Å². The predicted molar refractivity (Wildman–Crippen MR) is 93.0 cm³/mol. The summed E-state index contributed by atoms with van der Waals surface area (Å²) in [5, 5.41) is 11.7. The molecule has 2 N–H and O–H groups in total. The van der Waals surface area contributed by atoms with Crippen LogP contribution in [0.3, 0.4) is 0 Å². The molecular formula is C18H21N3O4. The van der Waals surface area contributed by atoms with E-state index in [1.54, 1.807) is 6.92 Å². The Morgan fingerprint density at radius 1 is 1.28 bits per heavy atom. The van der Waals surface area contributed by atoms with Crippen LogP contribution in [0.15, 0.2) is 47.5 Å². The zero-order valence-electron chi connectivity index (χ0n) is 14.2. The lowest BCUT2D eigenvalue weighted by atomic mass is 9.99. The van der Waals surface area contributed by atoms with E-state index in [0.717, 1.165) is 11.8 Å². The van der Waals surface area contributed by atoms with Gasteiger partial charge in [0, 0.05) is 11.8 Å². The fraction of sp³-hybridized carbons (Fsp3) is 0.333. The molecule has 2 rings (SSSR count). The van der Waals surface area contributed by atoms with Crippen molar-refractivity contribution in [2.24, 2.45) is 5.92 Å². The Kier molecular flexibility index (Phi) is 6.05. The number of carboxylic acid groups (broad SMARTS) is 1. The third-order valence-corrected chi connectivity index (χ3v) is 4.05. The maximum atomic E-state index is 12.2. The highest BCUT2D eigenvalue weighted by atomic mass is 16.4. The van der Waals surface area contributed by atoms with Crippen molar-refractivity contribution in [3.05, 3.63) is 53.1 Å². The lowest BCUT2D eigenvalue weighted by Gasteiger charge is -2.20. The molecule has 7 heteroatoms. The van der Waals surface area contributed by atoms with Gasteiger partial charge in [-0.2, -0.15) is 0 Å². The van der Waals surface area contributed by atoms with Gasteiger partial charge >= 0.3 is 5.97 Å². The molecule has 0 bridgehead atoms. The molecular weight excluding hydrogens is 322 g/mol. The molecule has 0 aliphatic heterocycles. The van der Waals surface area contributed by atoms with Crippen LogP contribution in [0.2, 0.25) is 0 Å². The molecule has 0 spiro atoms. The highest BCUT2D eigenvalue weighted by molar-refractivity contribution is 5.83. The van der Waals surface area contributed by atoms with Gasteiger partial charge in [0.05, 0.1) is 11.9 Å². The van der Waals surface area contributed by atoms with E-state index < -0.39 is 23.5 Å². The van der Waals surface area contributed by atoms with E-state index in [9.17, 15) is 19.5 Å². The second kappa shape index (κ2) is 8.23. The number of aliphatic carboxylic acids is 1. The number of hydrogen-bond acceptors (Lipinski definition) is 4. The topological polar surface area (TPSA) is 101 Å². The van der Waals surface area contributed by atoms with Gasteiger partial charge in [-0.3, -0.25) is 9.59 Å². The molecule has 2 atom stereocenters. The first-order valence-electron chi connectivity index (χ1n) is 8.06. The minimum Gasteiger partial charge on any atom is -0.480 e. The van der Waals surface area contributed by atoms with Crippen molar-refractivity contribution in [2.45, 2.75) is 32.9 Å². The number of amides is 1. The summed E-state index contributed by atoms with van der Waals surface area (Å²) < 4.78 is 1.22. The molecule has 1 aromatic carbocycles. The van der Waals surface area contributed by atoms with Crippen molar-refractivity contribution < 1.29 is 14.7 Å². The summed E-state index contributed by atoms with van der Waals surface area (Å²) in [6.45, 7) is 3.35. The number of carboxylic acids is 1. The average molecular weight is 343 g/mol. The minimum atomic E-state index is -1.09. The molecule has 0 saturated heterocycles. The Bertz CT molecular complexity index is 801. The number of hydrogen-bond donors (Lipinski definition) is 2. The van der Waals surface area contributed by atoms with Gasteiger partial charge in [0.15, 0.2) is 0 Å². The molecule has 1 amide bonds. The molecule has 0 aliphatic carbocycles. The molecule has 25 heavy (non-hydrogen) atoms. The lowest BCUT2D eigenvalue weighted by molar-refractivity contribution is -0.143. The van der Waals surface area contributed by atoms with Crippen molar-refractivity contribution in [3.8, 4) is 11.3 Å². The van der Waals surface area contributed by atoms with E-state index in [-0.39, 0.29) is 12.5 Å². The molecule has 132 valence electrons. The summed E-state index contributed by atoms with van der Waals surface area (Å²) in [5.74, 6) is -1.83. The Morgan fingerprint density at radius 2 is 1.96 bits per heavy atom. The summed E-state index contributed by atoms with van der Waals surface area (Å²) in [6, 6.07) is 8.28. The zero-order chi connectivity index (χ0) is 18.4. The van der Waals surface area contributed by atoms with Crippen molar-refractivity contribution in [3.63, 3.8) is 0 Å². The molecule has 0 radical (unpaired) electrons. The second-order valence-corrected chi connectivity index (χ2v) is 5.87. The van der Waals surface area contributed by atoms with E-state index >= 15 is 0 Å². The molecule has 7 nitrogen and oxygen atoms in total. The summed E-state index contributed by atoms with van der Waals surface area (Å²) in [7, 11) is 0. The van der Waals surface area contributed by atoms with E-state index in [0.29, 0.717) is 12.1 Å². The fourth-order valence-corrected chi connectivity index (χ4v) is 2.38. The highest BCUT2D eigenvalue weighted by Gasteiger charge is 2.25. The third kappa shape index (κ3) is 4.76. The molecule has 0 saturated carbocycles.